The third-order valence-electron chi connectivity index (χ3n) is 3.12. The largest absolute Gasteiger partial charge is 0.469 e. The van der Waals surface area contributed by atoms with Crippen LogP contribution < -0.4 is 5.73 Å². The van der Waals surface area contributed by atoms with Crippen LogP contribution in [-0.4, -0.2) is 42.6 Å². The Morgan fingerprint density at radius 3 is 2.53 bits per heavy atom. The standard InChI is InChI=1S/C11H22N2O2/c1-11(2,3)13-6-5-9(12)8(7-13)10(14)15-4/h8-9H,5-7,12H2,1-4H3. The Balaban J connectivity index is 2.68. The van der Waals surface area contributed by atoms with E-state index in [0.29, 0.717) is 6.54 Å². The molecule has 2 atom stereocenters. The quantitative estimate of drug-likeness (QED) is 0.650. The van der Waals surface area contributed by atoms with Crippen LogP contribution in [0.5, 0.6) is 0 Å². The van der Waals surface area contributed by atoms with Gasteiger partial charge >= 0.3 is 5.97 Å². The summed E-state index contributed by atoms with van der Waals surface area (Å²) in [5.74, 6) is -0.362. The summed E-state index contributed by atoms with van der Waals surface area (Å²) >= 11 is 0. The van der Waals surface area contributed by atoms with Crippen LogP contribution >= 0.6 is 0 Å². The number of esters is 1. The van der Waals surface area contributed by atoms with Gasteiger partial charge < -0.3 is 10.5 Å². The molecule has 1 rings (SSSR count). The van der Waals surface area contributed by atoms with Gasteiger partial charge in [0, 0.05) is 24.7 Å². The third-order valence-corrected chi connectivity index (χ3v) is 3.12. The zero-order valence-corrected chi connectivity index (χ0v) is 10.1. The molecule has 15 heavy (non-hydrogen) atoms. The number of carbonyl (C=O) groups excluding carboxylic acids is 1. The Hall–Kier alpha value is -0.610. The molecule has 0 spiro atoms. The topological polar surface area (TPSA) is 55.6 Å². The van der Waals surface area contributed by atoms with Gasteiger partial charge in [0.25, 0.3) is 0 Å². The summed E-state index contributed by atoms with van der Waals surface area (Å²) in [6.07, 6.45) is 0.858. The second-order valence-corrected chi connectivity index (χ2v) is 5.20. The molecule has 1 saturated heterocycles. The van der Waals surface area contributed by atoms with Crippen molar-refractivity contribution in [3.05, 3.63) is 0 Å². The van der Waals surface area contributed by atoms with E-state index < -0.39 is 0 Å². The summed E-state index contributed by atoms with van der Waals surface area (Å²) in [4.78, 5) is 13.8. The minimum absolute atomic E-state index is 0.0592. The second kappa shape index (κ2) is 4.49. The first-order valence-corrected chi connectivity index (χ1v) is 5.44. The monoisotopic (exact) mass is 214 g/mol. The number of nitrogens with two attached hydrogens (primary N) is 1. The lowest BCUT2D eigenvalue weighted by Gasteiger charge is -2.42. The van der Waals surface area contributed by atoms with Gasteiger partial charge in [0.15, 0.2) is 0 Å². The lowest BCUT2D eigenvalue weighted by atomic mass is 9.89. The number of nitrogens with zero attached hydrogens (tertiary/aromatic N) is 1. The fraction of sp³-hybridized carbons (Fsp3) is 0.909. The van der Waals surface area contributed by atoms with Crippen LogP contribution in [0, 0.1) is 5.92 Å². The first-order chi connectivity index (χ1) is 6.86. The Labute approximate surface area is 91.8 Å². The van der Waals surface area contributed by atoms with Crippen molar-refractivity contribution in [2.24, 2.45) is 11.7 Å². The molecule has 1 heterocycles. The van der Waals surface area contributed by atoms with Crippen LogP contribution in [0.25, 0.3) is 0 Å². The molecular weight excluding hydrogens is 192 g/mol. The highest BCUT2D eigenvalue weighted by atomic mass is 16.5. The van der Waals surface area contributed by atoms with E-state index in [4.69, 9.17) is 10.5 Å². The Morgan fingerprint density at radius 2 is 2.07 bits per heavy atom. The van der Waals surface area contributed by atoms with Crippen LogP contribution in [0.2, 0.25) is 0 Å². The van der Waals surface area contributed by atoms with Crippen LogP contribution in [0.15, 0.2) is 0 Å². The van der Waals surface area contributed by atoms with Crippen molar-refractivity contribution in [2.45, 2.75) is 38.8 Å². The SMILES string of the molecule is COC(=O)C1CN(C(C)(C)C)CCC1N. The molecule has 0 saturated carbocycles. The molecule has 0 aromatic heterocycles. The Morgan fingerprint density at radius 1 is 1.47 bits per heavy atom. The van der Waals surface area contributed by atoms with Crippen LogP contribution in [0.3, 0.4) is 0 Å². The van der Waals surface area contributed by atoms with Crippen molar-refractivity contribution in [1.29, 1.82) is 0 Å². The molecule has 0 aromatic rings. The van der Waals surface area contributed by atoms with Gasteiger partial charge in [-0.15, -0.1) is 0 Å². The summed E-state index contributed by atoms with van der Waals surface area (Å²) in [5, 5.41) is 0. The van der Waals surface area contributed by atoms with E-state index in [1.807, 2.05) is 0 Å². The zero-order valence-electron chi connectivity index (χ0n) is 10.1. The molecule has 0 amide bonds. The van der Waals surface area contributed by atoms with E-state index in [1.165, 1.54) is 7.11 Å². The fourth-order valence-electron chi connectivity index (χ4n) is 1.98. The van der Waals surface area contributed by atoms with E-state index in [2.05, 4.69) is 25.7 Å². The first-order valence-electron chi connectivity index (χ1n) is 5.44. The number of methoxy groups -OCH3 is 1. The molecule has 0 aliphatic carbocycles. The van der Waals surface area contributed by atoms with E-state index in [-0.39, 0.29) is 23.5 Å². The number of hydrogen-bond acceptors (Lipinski definition) is 4. The van der Waals surface area contributed by atoms with E-state index in [0.717, 1.165) is 13.0 Å². The van der Waals surface area contributed by atoms with E-state index in [1.54, 1.807) is 0 Å². The maximum atomic E-state index is 11.5. The normalized spacial score (nSPS) is 28.9. The van der Waals surface area contributed by atoms with Crippen molar-refractivity contribution in [1.82, 2.24) is 4.90 Å². The maximum Gasteiger partial charge on any atom is 0.311 e. The molecule has 0 bridgehead atoms. The number of rotatable bonds is 1. The van der Waals surface area contributed by atoms with Crippen molar-refractivity contribution < 1.29 is 9.53 Å². The van der Waals surface area contributed by atoms with Gasteiger partial charge in [-0.3, -0.25) is 9.69 Å². The number of piperidine rings is 1. The third kappa shape index (κ3) is 2.92. The van der Waals surface area contributed by atoms with Gasteiger partial charge in [0.05, 0.1) is 13.0 Å². The molecule has 1 fully saturated rings. The highest BCUT2D eigenvalue weighted by Crippen LogP contribution is 2.23. The lowest BCUT2D eigenvalue weighted by Crippen LogP contribution is -2.55. The maximum absolute atomic E-state index is 11.5. The smallest absolute Gasteiger partial charge is 0.311 e. The van der Waals surface area contributed by atoms with Gasteiger partial charge in [-0.1, -0.05) is 0 Å². The first kappa shape index (κ1) is 12.5. The van der Waals surface area contributed by atoms with Gasteiger partial charge in [-0.05, 0) is 27.2 Å². The zero-order chi connectivity index (χ0) is 11.6. The lowest BCUT2D eigenvalue weighted by molar-refractivity contribution is -0.148. The minimum atomic E-state index is -0.184. The summed E-state index contributed by atoms with van der Waals surface area (Å²) < 4.78 is 4.78. The molecule has 4 nitrogen and oxygen atoms in total. The Bertz CT molecular complexity index is 235. The number of carbonyl (C=O) groups is 1. The molecule has 2 N–H and O–H groups in total. The summed E-state index contributed by atoms with van der Waals surface area (Å²) in [7, 11) is 1.42. The van der Waals surface area contributed by atoms with Crippen LogP contribution in [-0.2, 0) is 9.53 Å². The highest BCUT2D eigenvalue weighted by Gasteiger charge is 2.36. The van der Waals surface area contributed by atoms with Crippen LogP contribution in [0.1, 0.15) is 27.2 Å². The van der Waals surface area contributed by atoms with Crippen molar-refractivity contribution in [3.8, 4) is 0 Å². The predicted octanol–water partition coefficient (Wildman–Crippen LogP) is 0.607. The second-order valence-electron chi connectivity index (χ2n) is 5.20. The molecule has 0 radical (unpaired) electrons. The molecule has 0 aromatic carbocycles. The average Bonchev–Trinajstić information content (AvgIpc) is 2.15. The van der Waals surface area contributed by atoms with Crippen molar-refractivity contribution >= 4 is 5.97 Å². The Kier molecular flexibility index (Phi) is 3.73. The summed E-state index contributed by atoms with van der Waals surface area (Å²) in [6.45, 7) is 8.12. The molecule has 88 valence electrons. The van der Waals surface area contributed by atoms with Gasteiger partial charge in [-0.2, -0.15) is 0 Å². The number of ether oxygens (including phenoxy) is 1. The molecule has 1 aliphatic rings. The van der Waals surface area contributed by atoms with Gasteiger partial charge in [0.2, 0.25) is 0 Å². The molecule has 4 heteroatoms. The number of hydrogen-bond donors (Lipinski definition) is 1. The highest BCUT2D eigenvalue weighted by molar-refractivity contribution is 5.73. The van der Waals surface area contributed by atoms with Crippen molar-refractivity contribution in [2.75, 3.05) is 20.2 Å². The van der Waals surface area contributed by atoms with Gasteiger partial charge in [0.1, 0.15) is 0 Å². The van der Waals surface area contributed by atoms with Crippen LogP contribution in [0.4, 0.5) is 0 Å². The fourth-order valence-corrected chi connectivity index (χ4v) is 1.98. The van der Waals surface area contributed by atoms with E-state index in [9.17, 15) is 4.79 Å². The van der Waals surface area contributed by atoms with E-state index >= 15 is 0 Å². The summed E-state index contributed by atoms with van der Waals surface area (Å²) in [5.41, 5.74) is 6.02. The average molecular weight is 214 g/mol. The summed E-state index contributed by atoms with van der Waals surface area (Å²) in [6, 6.07) is -0.0592. The predicted molar refractivity (Wildman–Crippen MR) is 59.4 cm³/mol. The molecule has 1 aliphatic heterocycles. The molecule has 2 unspecified atom stereocenters. The van der Waals surface area contributed by atoms with Gasteiger partial charge in [-0.25, -0.2) is 0 Å². The minimum Gasteiger partial charge on any atom is -0.469 e. The molecular formula is C11H22N2O2. The number of likely N-dealkylation sites (tertiary alicyclic amines) is 1. The van der Waals surface area contributed by atoms with Crippen molar-refractivity contribution in [3.63, 3.8) is 0 Å².